The van der Waals surface area contributed by atoms with E-state index in [2.05, 4.69) is 5.92 Å². The smallest absolute Gasteiger partial charge is 0.267 e. The molecule has 1 saturated carbocycles. The molecule has 2 heterocycles. The van der Waals surface area contributed by atoms with E-state index in [0.29, 0.717) is 16.6 Å². The van der Waals surface area contributed by atoms with Crippen LogP contribution in [0.1, 0.15) is 62.9 Å². The maximum Gasteiger partial charge on any atom is 0.267 e. The Morgan fingerprint density at radius 2 is 1.93 bits per heavy atom. The van der Waals surface area contributed by atoms with Crippen LogP contribution < -0.4 is 11.0 Å². The number of rotatable bonds is 2. The van der Waals surface area contributed by atoms with Crippen molar-refractivity contribution in [2.24, 2.45) is 7.05 Å². The van der Waals surface area contributed by atoms with E-state index in [4.69, 9.17) is 11.4 Å². The summed E-state index contributed by atoms with van der Waals surface area (Å²) in [5.74, 6) is 3.41. The van der Waals surface area contributed by atoms with E-state index in [0.717, 1.165) is 37.0 Å². The molecule has 0 radical (unpaired) electrons. The fraction of sp³-hybridized carbons (Fsp3) is 0.409. The highest BCUT2D eigenvalue weighted by molar-refractivity contribution is 5.92. The van der Waals surface area contributed by atoms with Gasteiger partial charge in [0.1, 0.15) is 11.2 Å². The normalized spacial score (nSPS) is 15.1. The number of nitrogens with zero attached hydrogens (tertiary/aromatic N) is 3. The fourth-order valence-electron chi connectivity index (χ4n) is 4.25. The fourth-order valence-corrected chi connectivity index (χ4v) is 4.25. The van der Waals surface area contributed by atoms with Gasteiger partial charge in [0, 0.05) is 30.0 Å². The Hall–Kier alpha value is -2.87. The molecule has 0 bridgehead atoms. The molecule has 0 spiro atoms. The van der Waals surface area contributed by atoms with Crippen LogP contribution in [0.15, 0.2) is 27.8 Å². The van der Waals surface area contributed by atoms with Crippen LogP contribution in [0, 0.1) is 12.3 Å². The molecule has 1 aliphatic carbocycles. The van der Waals surface area contributed by atoms with Crippen LogP contribution in [0.2, 0.25) is 0 Å². The first-order valence-electron chi connectivity index (χ1n) is 9.49. The van der Waals surface area contributed by atoms with Gasteiger partial charge in [-0.2, -0.15) is 0 Å². The zero-order chi connectivity index (χ0) is 19.3. The first kappa shape index (κ1) is 17.5. The summed E-state index contributed by atoms with van der Waals surface area (Å²) in [4.78, 5) is 31.5. The van der Waals surface area contributed by atoms with E-state index in [1.54, 1.807) is 16.7 Å². The van der Waals surface area contributed by atoms with Gasteiger partial charge in [0.2, 0.25) is 5.43 Å². The number of hydrogen-bond donors (Lipinski definition) is 0. The van der Waals surface area contributed by atoms with Crippen molar-refractivity contribution in [1.82, 2.24) is 14.1 Å². The minimum Gasteiger partial charge on any atom is -0.328 e. The van der Waals surface area contributed by atoms with Crippen LogP contribution in [-0.2, 0) is 7.05 Å². The van der Waals surface area contributed by atoms with Crippen molar-refractivity contribution in [3.05, 3.63) is 50.2 Å². The first-order chi connectivity index (χ1) is 12.9. The summed E-state index contributed by atoms with van der Waals surface area (Å²) < 4.78 is 3.62. The van der Waals surface area contributed by atoms with E-state index >= 15 is 0 Å². The largest absolute Gasteiger partial charge is 0.328 e. The molecule has 2 aromatic heterocycles. The number of terminal acetylenes is 1. The molecule has 1 aromatic carbocycles. The number of fused-ring (bicyclic) bond motifs is 2. The Bertz CT molecular complexity index is 1220. The standard InChI is InChI=1S/C22H23N3O2/c1-5-14-10-11-17-16(12-14)19(26)18-21(24(17)4)23-20(13(2)3)25(22(18)27)15-8-6-7-9-15/h1,10-13,15H,6-9H2,2-4H3. The minimum absolute atomic E-state index is 0.0947. The van der Waals surface area contributed by atoms with Gasteiger partial charge in [-0.05, 0) is 31.0 Å². The van der Waals surface area contributed by atoms with E-state index in [-0.39, 0.29) is 28.3 Å². The zero-order valence-corrected chi connectivity index (χ0v) is 16.0. The van der Waals surface area contributed by atoms with Gasteiger partial charge in [-0.3, -0.25) is 14.2 Å². The predicted octanol–water partition coefficient (Wildman–Crippen LogP) is 3.47. The maximum absolute atomic E-state index is 13.5. The highest BCUT2D eigenvalue weighted by Crippen LogP contribution is 2.31. The van der Waals surface area contributed by atoms with Crippen molar-refractivity contribution >= 4 is 21.9 Å². The molecule has 0 N–H and O–H groups in total. The molecule has 0 amide bonds. The van der Waals surface area contributed by atoms with Crippen LogP contribution in [0.3, 0.4) is 0 Å². The predicted molar refractivity (Wildman–Crippen MR) is 108 cm³/mol. The quantitative estimate of drug-likeness (QED) is 0.519. The van der Waals surface area contributed by atoms with Crippen molar-refractivity contribution in [3.63, 3.8) is 0 Å². The Morgan fingerprint density at radius 1 is 1.22 bits per heavy atom. The highest BCUT2D eigenvalue weighted by Gasteiger charge is 2.26. The Labute approximate surface area is 157 Å². The molecule has 4 rings (SSSR count). The molecule has 0 atom stereocenters. The van der Waals surface area contributed by atoms with Crippen molar-refractivity contribution in [2.75, 3.05) is 0 Å². The molecular weight excluding hydrogens is 338 g/mol. The zero-order valence-electron chi connectivity index (χ0n) is 16.0. The summed E-state index contributed by atoms with van der Waals surface area (Å²) in [5, 5.41) is 0.630. The third-order valence-electron chi connectivity index (χ3n) is 5.64. The molecule has 5 nitrogen and oxygen atoms in total. The summed E-state index contributed by atoms with van der Waals surface area (Å²) in [6, 6.07) is 5.44. The second-order valence-corrected chi connectivity index (χ2v) is 7.70. The van der Waals surface area contributed by atoms with Crippen molar-refractivity contribution in [2.45, 2.75) is 51.5 Å². The SMILES string of the molecule is C#Cc1ccc2c(c1)c(=O)c1c(=O)n(C3CCCC3)c(C(C)C)nc1n2C. The summed E-state index contributed by atoms with van der Waals surface area (Å²) >= 11 is 0. The Kier molecular flexibility index (Phi) is 4.15. The Morgan fingerprint density at radius 3 is 2.56 bits per heavy atom. The van der Waals surface area contributed by atoms with Gasteiger partial charge in [-0.25, -0.2) is 4.98 Å². The molecule has 5 heteroatoms. The number of benzene rings is 1. The lowest BCUT2D eigenvalue weighted by molar-refractivity contribution is 0.464. The second kappa shape index (κ2) is 6.38. The first-order valence-corrected chi connectivity index (χ1v) is 9.49. The third kappa shape index (κ3) is 2.59. The summed E-state index contributed by atoms with van der Waals surface area (Å²) in [6.07, 6.45) is 9.63. The monoisotopic (exact) mass is 361 g/mol. The molecule has 0 aliphatic heterocycles. The second-order valence-electron chi connectivity index (χ2n) is 7.70. The van der Waals surface area contributed by atoms with E-state index in [1.165, 1.54) is 0 Å². The molecule has 0 unspecified atom stereocenters. The van der Waals surface area contributed by atoms with Crippen LogP contribution in [0.25, 0.3) is 21.9 Å². The van der Waals surface area contributed by atoms with Gasteiger partial charge < -0.3 is 4.57 Å². The van der Waals surface area contributed by atoms with Crippen molar-refractivity contribution in [3.8, 4) is 12.3 Å². The molecule has 138 valence electrons. The topological polar surface area (TPSA) is 56.9 Å². The van der Waals surface area contributed by atoms with Gasteiger partial charge in [-0.15, -0.1) is 6.42 Å². The molecule has 0 saturated heterocycles. The summed E-state index contributed by atoms with van der Waals surface area (Å²) in [5.41, 5.74) is 1.30. The van der Waals surface area contributed by atoms with Gasteiger partial charge in [0.15, 0.2) is 5.65 Å². The summed E-state index contributed by atoms with van der Waals surface area (Å²) in [6.45, 7) is 4.08. The highest BCUT2D eigenvalue weighted by atomic mass is 16.1. The maximum atomic E-state index is 13.5. The molecule has 27 heavy (non-hydrogen) atoms. The molecule has 1 aliphatic rings. The third-order valence-corrected chi connectivity index (χ3v) is 5.64. The van der Waals surface area contributed by atoms with Crippen LogP contribution >= 0.6 is 0 Å². The van der Waals surface area contributed by atoms with E-state index in [9.17, 15) is 9.59 Å². The molecule has 1 fully saturated rings. The molecule has 3 aromatic rings. The lowest BCUT2D eigenvalue weighted by Crippen LogP contribution is -2.33. The van der Waals surface area contributed by atoms with Crippen LogP contribution in [-0.4, -0.2) is 14.1 Å². The number of hydrogen-bond acceptors (Lipinski definition) is 3. The number of pyridine rings is 1. The minimum atomic E-state index is -0.283. The summed E-state index contributed by atoms with van der Waals surface area (Å²) in [7, 11) is 1.84. The van der Waals surface area contributed by atoms with Gasteiger partial charge in [-0.1, -0.05) is 32.6 Å². The van der Waals surface area contributed by atoms with Crippen molar-refractivity contribution < 1.29 is 0 Å². The van der Waals surface area contributed by atoms with Gasteiger partial charge in [0.05, 0.1) is 5.52 Å². The van der Waals surface area contributed by atoms with E-state index < -0.39 is 0 Å². The average molecular weight is 361 g/mol. The average Bonchev–Trinajstić information content (AvgIpc) is 3.19. The van der Waals surface area contributed by atoms with Gasteiger partial charge in [0.25, 0.3) is 5.56 Å². The van der Waals surface area contributed by atoms with Crippen LogP contribution in [0.4, 0.5) is 0 Å². The number of aromatic nitrogens is 3. The van der Waals surface area contributed by atoms with E-state index in [1.807, 2.05) is 31.5 Å². The molecular formula is C22H23N3O2. The van der Waals surface area contributed by atoms with Crippen LogP contribution in [0.5, 0.6) is 0 Å². The Balaban J connectivity index is 2.19. The van der Waals surface area contributed by atoms with Gasteiger partial charge >= 0.3 is 0 Å². The lowest BCUT2D eigenvalue weighted by atomic mass is 10.1. The number of aryl methyl sites for hydroxylation is 1. The van der Waals surface area contributed by atoms with Crippen molar-refractivity contribution in [1.29, 1.82) is 0 Å². The lowest BCUT2D eigenvalue weighted by Gasteiger charge is -2.22.